The number of rotatable bonds is 5. The Bertz CT molecular complexity index is 327. The van der Waals surface area contributed by atoms with Crippen molar-refractivity contribution in [3.8, 4) is 0 Å². The third-order valence-electron chi connectivity index (χ3n) is 1.95. The molecule has 4 N–H and O–H groups in total. The first-order valence-electron chi connectivity index (χ1n) is 4.99. The van der Waals surface area contributed by atoms with Crippen LogP contribution < -0.4 is 16.6 Å². The van der Waals surface area contributed by atoms with Crippen molar-refractivity contribution >= 4 is 11.7 Å². The van der Waals surface area contributed by atoms with E-state index in [-0.39, 0.29) is 5.91 Å². The van der Waals surface area contributed by atoms with Gasteiger partial charge in [0.2, 0.25) is 0 Å². The van der Waals surface area contributed by atoms with Crippen molar-refractivity contribution in [2.45, 2.75) is 19.8 Å². The summed E-state index contributed by atoms with van der Waals surface area (Å²) in [6.45, 7) is 2.75. The van der Waals surface area contributed by atoms with E-state index < -0.39 is 0 Å². The van der Waals surface area contributed by atoms with Crippen LogP contribution in [0.15, 0.2) is 18.2 Å². The Morgan fingerprint density at radius 3 is 3.00 bits per heavy atom. The monoisotopic (exact) mass is 208 g/mol. The molecule has 15 heavy (non-hydrogen) atoms. The van der Waals surface area contributed by atoms with Crippen LogP contribution in [-0.4, -0.2) is 17.4 Å². The number of hydrogen-bond acceptors (Lipinski definition) is 4. The highest BCUT2D eigenvalue weighted by Crippen LogP contribution is 2.02. The molecule has 1 aromatic heterocycles. The standard InChI is InChI=1S/C10H16N4O/c1-2-3-7-12-10(15)8-5-4-6-9(13-8)14-11/h4-6H,2-3,7,11H2,1H3,(H,12,15)(H,13,14). The van der Waals surface area contributed by atoms with Crippen LogP contribution in [0.2, 0.25) is 0 Å². The zero-order valence-electron chi connectivity index (χ0n) is 8.79. The normalized spacial score (nSPS) is 9.73. The van der Waals surface area contributed by atoms with Gasteiger partial charge in [-0.3, -0.25) is 4.79 Å². The Balaban J connectivity index is 2.57. The van der Waals surface area contributed by atoms with Gasteiger partial charge in [-0.15, -0.1) is 0 Å². The average Bonchev–Trinajstić information content (AvgIpc) is 2.29. The Hall–Kier alpha value is -1.62. The lowest BCUT2D eigenvalue weighted by Crippen LogP contribution is -2.25. The largest absolute Gasteiger partial charge is 0.351 e. The maximum absolute atomic E-state index is 11.5. The van der Waals surface area contributed by atoms with E-state index >= 15 is 0 Å². The predicted octanol–water partition coefficient (Wildman–Crippen LogP) is 0.897. The number of pyridine rings is 1. The molecule has 0 atom stereocenters. The van der Waals surface area contributed by atoms with Crippen LogP contribution in [-0.2, 0) is 0 Å². The van der Waals surface area contributed by atoms with Gasteiger partial charge in [0.1, 0.15) is 11.5 Å². The van der Waals surface area contributed by atoms with E-state index in [2.05, 4.69) is 22.7 Å². The van der Waals surface area contributed by atoms with Crippen LogP contribution in [0, 0.1) is 0 Å². The molecule has 0 radical (unpaired) electrons. The molecule has 0 saturated carbocycles. The van der Waals surface area contributed by atoms with Crippen molar-refractivity contribution in [1.82, 2.24) is 10.3 Å². The SMILES string of the molecule is CCCCNC(=O)c1cccc(NN)n1. The van der Waals surface area contributed by atoms with Gasteiger partial charge in [-0.2, -0.15) is 0 Å². The fourth-order valence-electron chi connectivity index (χ4n) is 1.11. The van der Waals surface area contributed by atoms with Gasteiger partial charge in [-0.05, 0) is 18.6 Å². The van der Waals surface area contributed by atoms with E-state index in [9.17, 15) is 4.79 Å². The van der Waals surface area contributed by atoms with Crippen molar-refractivity contribution in [3.05, 3.63) is 23.9 Å². The highest BCUT2D eigenvalue weighted by atomic mass is 16.1. The summed E-state index contributed by atoms with van der Waals surface area (Å²) >= 11 is 0. The molecule has 0 aliphatic carbocycles. The molecule has 0 spiro atoms. The second kappa shape index (κ2) is 5.98. The number of amides is 1. The molecule has 0 unspecified atom stereocenters. The van der Waals surface area contributed by atoms with Crippen molar-refractivity contribution in [2.75, 3.05) is 12.0 Å². The van der Waals surface area contributed by atoms with Crippen LogP contribution in [0.5, 0.6) is 0 Å². The number of aromatic nitrogens is 1. The number of unbranched alkanes of at least 4 members (excludes halogenated alkanes) is 1. The highest BCUT2D eigenvalue weighted by molar-refractivity contribution is 5.92. The number of nitrogens with one attached hydrogen (secondary N) is 2. The van der Waals surface area contributed by atoms with Crippen molar-refractivity contribution < 1.29 is 4.79 Å². The fraction of sp³-hybridized carbons (Fsp3) is 0.400. The number of anilines is 1. The van der Waals surface area contributed by atoms with Gasteiger partial charge in [0, 0.05) is 6.54 Å². The molecular weight excluding hydrogens is 192 g/mol. The smallest absolute Gasteiger partial charge is 0.269 e. The van der Waals surface area contributed by atoms with E-state index in [1.165, 1.54) is 0 Å². The number of carbonyl (C=O) groups excluding carboxylic acids is 1. The molecule has 1 heterocycles. The summed E-state index contributed by atoms with van der Waals surface area (Å²) in [5.74, 6) is 5.51. The summed E-state index contributed by atoms with van der Waals surface area (Å²) in [6, 6.07) is 5.09. The van der Waals surface area contributed by atoms with Gasteiger partial charge >= 0.3 is 0 Å². The van der Waals surface area contributed by atoms with Gasteiger partial charge in [-0.25, -0.2) is 10.8 Å². The first-order valence-corrected chi connectivity index (χ1v) is 4.99. The Kier molecular flexibility index (Phi) is 4.56. The van der Waals surface area contributed by atoms with Gasteiger partial charge in [0.15, 0.2) is 0 Å². The van der Waals surface area contributed by atoms with Crippen LogP contribution in [0.3, 0.4) is 0 Å². The number of nitrogen functional groups attached to an aromatic ring is 1. The van der Waals surface area contributed by atoms with Crippen LogP contribution in [0.4, 0.5) is 5.82 Å². The molecule has 5 nitrogen and oxygen atoms in total. The van der Waals surface area contributed by atoms with Crippen LogP contribution in [0.25, 0.3) is 0 Å². The molecule has 0 saturated heterocycles. The van der Waals surface area contributed by atoms with Gasteiger partial charge in [-0.1, -0.05) is 19.4 Å². The Morgan fingerprint density at radius 2 is 2.33 bits per heavy atom. The number of nitrogens with zero attached hydrogens (tertiary/aromatic N) is 1. The molecule has 1 amide bonds. The second-order valence-electron chi connectivity index (χ2n) is 3.16. The van der Waals surface area contributed by atoms with Gasteiger partial charge in [0.05, 0.1) is 0 Å². The fourth-order valence-corrected chi connectivity index (χ4v) is 1.11. The Morgan fingerprint density at radius 1 is 1.53 bits per heavy atom. The van der Waals surface area contributed by atoms with E-state index in [0.717, 1.165) is 12.8 Å². The summed E-state index contributed by atoms with van der Waals surface area (Å²) in [6.07, 6.45) is 2.03. The van der Waals surface area contributed by atoms with Gasteiger partial charge in [0.25, 0.3) is 5.91 Å². The average molecular weight is 208 g/mol. The maximum Gasteiger partial charge on any atom is 0.269 e. The maximum atomic E-state index is 11.5. The summed E-state index contributed by atoms with van der Waals surface area (Å²) in [5.41, 5.74) is 2.77. The number of carbonyl (C=O) groups is 1. The molecule has 0 aromatic carbocycles. The number of hydrogen-bond donors (Lipinski definition) is 3. The van der Waals surface area contributed by atoms with E-state index in [1.54, 1.807) is 18.2 Å². The summed E-state index contributed by atoms with van der Waals surface area (Å²) < 4.78 is 0. The third-order valence-corrected chi connectivity index (χ3v) is 1.95. The second-order valence-corrected chi connectivity index (χ2v) is 3.16. The zero-order valence-corrected chi connectivity index (χ0v) is 8.79. The van der Waals surface area contributed by atoms with E-state index in [4.69, 9.17) is 5.84 Å². The topological polar surface area (TPSA) is 80.0 Å². The Labute approximate surface area is 89.0 Å². The predicted molar refractivity (Wildman–Crippen MR) is 59.3 cm³/mol. The first kappa shape index (κ1) is 11.5. The lowest BCUT2D eigenvalue weighted by molar-refractivity contribution is 0.0948. The molecule has 82 valence electrons. The third kappa shape index (κ3) is 3.55. The number of hydrazine groups is 1. The first-order chi connectivity index (χ1) is 7.27. The molecule has 1 aromatic rings. The molecule has 0 bridgehead atoms. The van der Waals surface area contributed by atoms with Crippen LogP contribution >= 0.6 is 0 Å². The van der Waals surface area contributed by atoms with Crippen molar-refractivity contribution in [1.29, 1.82) is 0 Å². The lowest BCUT2D eigenvalue weighted by atomic mass is 10.3. The zero-order chi connectivity index (χ0) is 11.1. The molecule has 0 fully saturated rings. The molecule has 5 heteroatoms. The molecule has 1 rings (SSSR count). The molecule has 0 aliphatic heterocycles. The van der Waals surface area contributed by atoms with Crippen molar-refractivity contribution in [3.63, 3.8) is 0 Å². The quantitative estimate of drug-likeness (QED) is 0.381. The number of nitrogens with two attached hydrogens (primary N) is 1. The lowest BCUT2D eigenvalue weighted by Gasteiger charge is -2.04. The summed E-state index contributed by atoms with van der Waals surface area (Å²) in [4.78, 5) is 15.6. The van der Waals surface area contributed by atoms with E-state index in [1.807, 2.05) is 0 Å². The highest BCUT2D eigenvalue weighted by Gasteiger charge is 2.06. The van der Waals surface area contributed by atoms with E-state index in [0.29, 0.717) is 18.1 Å². The van der Waals surface area contributed by atoms with Crippen LogP contribution in [0.1, 0.15) is 30.3 Å². The van der Waals surface area contributed by atoms with Gasteiger partial charge < -0.3 is 10.7 Å². The minimum absolute atomic E-state index is 0.166. The molecular formula is C10H16N4O. The minimum Gasteiger partial charge on any atom is -0.351 e. The molecule has 0 aliphatic rings. The summed E-state index contributed by atoms with van der Waals surface area (Å²) in [7, 11) is 0. The van der Waals surface area contributed by atoms with Crippen molar-refractivity contribution in [2.24, 2.45) is 5.84 Å². The summed E-state index contributed by atoms with van der Waals surface area (Å²) in [5, 5.41) is 2.78. The minimum atomic E-state index is -0.166.